The third kappa shape index (κ3) is 4.73. The molecule has 18 heavy (non-hydrogen) atoms. The molecular formula is C12H17ClN2O3. The summed E-state index contributed by atoms with van der Waals surface area (Å²) >= 11 is 0. The van der Waals surface area contributed by atoms with Gasteiger partial charge in [-0.3, -0.25) is 4.79 Å². The molecule has 5 nitrogen and oxygen atoms in total. The molecule has 0 heterocycles. The molecular weight excluding hydrogens is 256 g/mol. The summed E-state index contributed by atoms with van der Waals surface area (Å²) in [6.45, 7) is 3.64. The van der Waals surface area contributed by atoms with Gasteiger partial charge in [-0.2, -0.15) is 0 Å². The van der Waals surface area contributed by atoms with E-state index in [0.29, 0.717) is 17.9 Å². The van der Waals surface area contributed by atoms with Crippen molar-refractivity contribution in [3.8, 4) is 0 Å². The fourth-order valence-electron chi connectivity index (χ4n) is 1.19. The van der Waals surface area contributed by atoms with Crippen LogP contribution in [-0.2, 0) is 9.53 Å². The predicted octanol–water partition coefficient (Wildman–Crippen LogP) is 1.57. The number of hydrogen-bond donors (Lipinski definition) is 2. The summed E-state index contributed by atoms with van der Waals surface area (Å²) in [7, 11) is 0. The van der Waals surface area contributed by atoms with Gasteiger partial charge in [0.15, 0.2) is 0 Å². The maximum atomic E-state index is 11.5. The number of amides is 1. The largest absolute Gasteiger partial charge is 0.462 e. The Labute approximate surface area is 112 Å². The smallest absolute Gasteiger partial charge is 0.338 e. The van der Waals surface area contributed by atoms with Gasteiger partial charge in [0.25, 0.3) is 0 Å². The molecule has 0 bridgehead atoms. The minimum atomic E-state index is -0.596. The Morgan fingerprint density at radius 1 is 1.44 bits per heavy atom. The molecule has 6 heteroatoms. The van der Waals surface area contributed by atoms with Crippen LogP contribution in [0.25, 0.3) is 0 Å². The molecule has 1 aromatic rings. The van der Waals surface area contributed by atoms with Gasteiger partial charge in [-0.05, 0) is 32.0 Å². The number of rotatable bonds is 4. The monoisotopic (exact) mass is 272 g/mol. The molecule has 0 radical (unpaired) electrons. The standard InChI is InChI=1S/C12H16N2O3.ClH/c1-3-17-12(16)9-5-4-6-10(7-9)14-11(15)8(2)13;/h4-8H,3,13H2,1-2H3,(H,14,15);1H/t8-;/m0./s1. The fourth-order valence-corrected chi connectivity index (χ4v) is 1.19. The number of anilines is 1. The first-order valence-electron chi connectivity index (χ1n) is 5.38. The van der Waals surface area contributed by atoms with Crippen LogP contribution in [0.2, 0.25) is 0 Å². The lowest BCUT2D eigenvalue weighted by atomic mass is 10.2. The van der Waals surface area contributed by atoms with Crippen LogP contribution in [0.15, 0.2) is 24.3 Å². The number of carbonyl (C=O) groups excluding carboxylic acids is 2. The number of ether oxygens (including phenoxy) is 1. The van der Waals surface area contributed by atoms with E-state index in [1.165, 1.54) is 0 Å². The van der Waals surface area contributed by atoms with Crippen molar-refractivity contribution < 1.29 is 14.3 Å². The normalized spacial score (nSPS) is 11.1. The van der Waals surface area contributed by atoms with Crippen LogP contribution in [0, 0.1) is 0 Å². The van der Waals surface area contributed by atoms with Gasteiger partial charge in [0.05, 0.1) is 18.2 Å². The molecule has 0 fully saturated rings. The highest BCUT2D eigenvalue weighted by atomic mass is 35.5. The van der Waals surface area contributed by atoms with E-state index in [9.17, 15) is 9.59 Å². The molecule has 0 aromatic heterocycles. The van der Waals surface area contributed by atoms with Crippen molar-refractivity contribution in [3.05, 3.63) is 29.8 Å². The topological polar surface area (TPSA) is 81.4 Å². The minimum absolute atomic E-state index is 0. The number of halogens is 1. The second-order valence-electron chi connectivity index (χ2n) is 3.58. The van der Waals surface area contributed by atoms with Crippen molar-refractivity contribution in [1.29, 1.82) is 0 Å². The van der Waals surface area contributed by atoms with E-state index in [1.54, 1.807) is 38.1 Å². The first-order valence-corrected chi connectivity index (χ1v) is 5.38. The lowest BCUT2D eigenvalue weighted by Gasteiger charge is -2.08. The van der Waals surface area contributed by atoms with Crippen LogP contribution < -0.4 is 11.1 Å². The Balaban J connectivity index is 0.00000289. The highest BCUT2D eigenvalue weighted by Crippen LogP contribution is 2.11. The quantitative estimate of drug-likeness (QED) is 0.815. The first-order chi connectivity index (χ1) is 8.04. The van der Waals surface area contributed by atoms with Crippen molar-refractivity contribution in [1.82, 2.24) is 0 Å². The first kappa shape index (κ1) is 16.4. The molecule has 0 unspecified atom stereocenters. The number of benzene rings is 1. The van der Waals surface area contributed by atoms with Crippen molar-refractivity contribution in [3.63, 3.8) is 0 Å². The Kier molecular flexibility index (Phi) is 7.00. The van der Waals surface area contributed by atoms with E-state index in [4.69, 9.17) is 10.5 Å². The molecule has 1 rings (SSSR count). The lowest BCUT2D eigenvalue weighted by Crippen LogP contribution is -2.32. The molecule has 100 valence electrons. The van der Waals surface area contributed by atoms with Gasteiger partial charge in [-0.1, -0.05) is 6.07 Å². The zero-order chi connectivity index (χ0) is 12.8. The Hall–Kier alpha value is -1.59. The van der Waals surface area contributed by atoms with Gasteiger partial charge in [0, 0.05) is 5.69 Å². The van der Waals surface area contributed by atoms with Crippen LogP contribution in [0.4, 0.5) is 5.69 Å². The maximum absolute atomic E-state index is 11.5. The van der Waals surface area contributed by atoms with E-state index in [-0.39, 0.29) is 18.3 Å². The van der Waals surface area contributed by atoms with Crippen LogP contribution in [-0.4, -0.2) is 24.5 Å². The van der Waals surface area contributed by atoms with Crippen molar-refractivity contribution in [2.45, 2.75) is 19.9 Å². The van der Waals surface area contributed by atoms with E-state index in [2.05, 4.69) is 5.32 Å². The lowest BCUT2D eigenvalue weighted by molar-refractivity contribution is -0.117. The number of nitrogens with two attached hydrogens (primary N) is 1. The van der Waals surface area contributed by atoms with Crippen molar-refractivity contribution in [2.24, 2.45) is 5.73 Å². The van der Waals surface area contributed by atoms with Crippen LogP contribution in [0.5, 0.6) is 0 Å². The minimum Gasteiger partial charge on any atom is -0.462 e. The Morgan fingerprint density at radius 3 is 2.67 bits per heavy atom. The second kappa shape index (κ2) is 7.68. The van der Waals surface area contributed by atoms with Gasteiger partial charge >= 0.3 is 5.97 Å². The fraction of sp³-hybridized carbons (Fsp3) is 0.333. The van der Waals surface area contributed by atoms with Gasteiger partial charge in [-0.25, -0.2) is 4.79 Å². The zero-order valence-corrected chi connectivity index (χ0v) is 11.1. The average molecular weight is 273 g/mol. The highest BCUT2D eigenvalue weighted by molar-refractivity contribution is 5.96. The number of carbonyl (C=O) groups is 2. The van der Waals surface area contributed by atoms with Crippen LogP contribution in [0.3, 0.4) is 0 Å². The summed E-state index contributed by atoms with van der Waals surface area (Å²) < 4.78 is 4.86. The number of esters is 1. The molecule has 0 spiro atoms. The summed E-state index contributed by atoms with van der Waals surface area (Å²) in [5.74, 6) is -0.713. The highest BCUT2D eigenvalue weighted by Gasteiger charge is 2.10. The molecule has 0 aliphatic heterocycles. The van der Waals surface area contributed by atoms with E-state index in [1.807, 2.05) is 0 Å². The molecule has 3 N–H and O–H groups in total. The van der Waals surface area contributed by atoms with E-state index in [0.717, 1.165) is 0 Å². The molecule has 0 saturated heterocycles. The predicted molar refractivity (Wildman–Crippen MR) is 71.9 cm³/mol. The molecule has 1 aromatic carbocycles. The van der Waals surface area contributed by atoms with Gasteiger partial charge in [-0.15, -0.1) is 12.4 Å². The van der Waals surface area contributed by atoms with Gasteiger partial charge in [0.2, 0.25) is 5.91 Å². The Bertz CT molecular complexity index is 422. The molecule has 1 atom stereocenters. The van der Waals surface area contributed by atoms with Crippen LogP contribution in [0.1, 0.15) is 24.2 Å². The van der Waals surface area contributed by atoms with E-state index < -0.39 is 12.0 Å². The molecule has 0 saturated carbocycles. The SMILES string of the molecule is CCOC(=O)c1cccc(NC(=O)[C@H](C)N)c1.Cl. The summed E-state index contributed by atoms with van der Waals surface area (Å²) in [6, 6.07) is 5.94. The second-order valence-corrected chi connectivity index (χ2v) is 3.58. The summed E-state index contributed by atoms with van der Waals surface area (Å²) in [5, 5.41) is 2.61. The Morgan fingerprint density at radius 2 is 2.11 bits per heavy atom. The molecule has 0 aliphatic rings. The molecule has 1 amide bonds. The summed E-state index contributed by atoms with van der Waals surface area (Å²) in [6.07, 6.45) is 0. The number of nitrogens with one attached hydrogen (secondary N) is 1. The van der Waals surface area contributed by atoms with E-state index >= 15 is 0 Å². The van der Waals surface area contributed by atoms with Gasteiger partial charge < -0.3 is 15.8 Å². The van der Waals surface area contributed by atoms with Crippen LogP contribution >= 0.6 is 12.4 Å². The third-order valence-electron chi connectivity index (χ3n) is 2.05. The average Bonchev–Trinajstić information content (AvgIpc) is 2.29. The maximum Gasteiger partial charge on any atom is 0.338 e. The third-order valence-corrected chi connectivity index (χ3v) is 2.05. The molecule has 0 aliphatic carbocycles. The number of hydrogen-bond acceptors (Lipinski definition) is 4. The van der Waals surface area contributed by atoms with Crippen molar-refractivity contribution >= 4 is 30.0 Å². The van der Waals surface area contributed by atoms with Gasteiger partial charge in [0.1, 0.15) is 0 Å². The van der Waals surface area contributed by atoms with Crippen molar-refractivity contribution in [2.75, 3.05) is 11.9 Å². The summed E-state index contributed by atoms with van der Waals surface area (Å²) in [5.41, 5.74) is 6.35. The zero-order valence-electron chi connectivity index (χ0n) is 10.3. The summed E-state index contributed by atoms with van der Waals surface area (Å²) in [4.78, 5) is 22.8.